The van der Waals surface area contributed by atoms with Crippen LogP contribution in [0.4, 0.5) is 0 Å². The summed E-state index contributed by atoms with van der Waals surface area (Å²) in [5, 5.41) is 0. The first kappa shape index (κ1) is 11.7. The van der Waals surface area contributed by atoms with E-state index in [0.29, 0.717) is 20.3 Å². The summed E-state index contributed by atoms with van der Waals surface area (Å²) in [6.45, 7) is 4.30. The maximum absolute atomic E-state index is 12.0. The minimum absolute atomic E-state index is 0.281. The second-order valence-electron chi connectivity index (χ2n) is 3.59. The first-order valence-electron chi connectivity index (χ1n) is 5.37. The predicted molar refractivity (Wildman–Crippen MR) is 61.0 cm³/mol. The number of ketones is 1. The molecule has 78 valence electrons. The van der Waals surface area contributed by atoms with Gasteiger partial charge < -0.3 is 0 Å². The van der Waals surface area contributed by atoms with Crippen molar-refractivity contribution in [2.24, 2.45) is 5.92 Å². The third-order valence-corrected chi connectivity index (χ3v) is 4.39. The Balaban J connectivity index is 2.56. The third kappa shape index (κ3) is 3.11. The Morgan fingerprint density at radius 2 is 2.29 bits per heavy atom. The van der Waals surface area contributed by atoms with Crippen molar-refractivity contribution in [3.05, 3.63) is 21.5 Å². The van der Waals surface area contributed by atoms with Crippen LogP contribution in [0.3, 0.4) is 0 Å². The van der Waals surface area contributed by atoms with E-state index < -0.39 is 0 Å². The topological polar surface area (TPSA) is 17.1 Å². The minimum atomic E-state index is 0.281. The summed E-state index contributed by atoms with van der Waals surface area (Å²) in [5.41, 5.74) is 0. The van der Waals surface area contributed by atoms with Gasteiger partial charge in [-0.1, -0.05) is 0 Å². The van der Waals surface area contributed by atoms with E-state index in [2.05, 4.69) is 18.8 Å². The van der Waals surface area contributed by atoms with E-state index in [-0.39, 0.29) is 5.92 Å². The quantitative estimate of drug-likeness (QED) is 0.565. The molecular formula is C12H18OSe. The van der Waals surface area contributed by atoms with Crippen molar-refractivity contribution >= 4 is 20.3 Å². The van der Waals surface area contributed by atoms with Gasteiger partial charge in [0.15, 0.2) is 0 Å². The Hall–Kier alpha value is -0.331. The molecule has 1 aromatic heterocycles. The van der Waals surface area contributed by atoms with Crippen molar-refractivity contribution in [1.29, 1.82) is 0 Å². The number of Topliss-reactive ketones (excluding diaryl/α,β-unsaturated/α-hetero) is 1. The molecule has 0 aromatic carbocycles. The van der Waals surface area contributed by atoms with E-state index in [4.69, 9.17) is 0 Å². The molecule has 0 N–H and O–H groups in total. The van der Waals surface area contributed by atoms with Crippen LogP contribution >= 0.6 is 0 Å². The van der Waals surface area contributed by atoms with E-state index in [1.807, 2.05) is 12.1 Å². The summed E-state index contributed by atoms with van der Waals surface area (Å²) in [7, 11) is 0. The van der Waals surface area contributed by atoms with Crippen molar-refractivity contribution in [2.75, 3.05) is 0 Å². The van der Waals surface area contributed by atoms with E-state index in [0.717, 1.165) is 17.3 Å². The van der Waals surface area contributed by atoms with Crippen molar-refractivity contribution in [1.82, 2.24) is 0 Å². The molecule has 0 bridgehead atoms. The normalized spacial score (nSPS) is 12.7. The Kier molecular flexibility index (Phi) is 5.21. The van der Waals surface area contributed by atoms with E-state index >= 15 is 0 Å². The third-order valence-electron chi connectivity index (χ3n) is 2.53. The first-order chi connectivity index (χ1) is 6.79. The van der Waals surface area contributed by atoms with Crippen molar-refractivity contribution in [3.8, 4) is 0 Å². The Labute approximate surface area is 92.3 Å². The fourth-order valence-electron chi connectivity index (χ4n) is 1.59. The van der Waals surface area contributed by atoms with Crippen LogP contribution in [0.15, 0.2) is 17.1 Å². The number of rotatable bonds is 6. The second kappa shape index (κ2) is 6.21. The molecule has 0 aliphatic rings. The van der Waals surface area contributed by atoms with Gasteiger partial charge in [0, 0.05) is 0 Å². The molecule has 0 radical (unpaired) electrons. The molecule has 0 aliphatic heterocycles. The van der Waals surface area contributed by atoms with Gasteiger partial charge in [-0.05, 0) is 0 Å². The van der Waals surface area contributed by atoms with E-state index in [1.54, 1.807) is 0 Å². The fourth-order valence-corrected chi connectivity index (χ4v) is 3.15. The van der Waals surface area contributed by atoms with Crippen LogP contribution in [0.5, 0.6) is 0 Å². The standard InChI is InChI=1S/C12H18OSe/c1-3-5-7-10(4-2)12(13)11-8-6-9-14-11/h6,8-10H,3-5,7H2,1-2H3. The fraction of sp³-hybridized carbons (Fsp3) is 0.583. The Morgan fingerprint density at radius 3 is 2.79 bits per heavy atom. The molecule has 14 heavy (non-hydrogen) atoms. The van der Waals surface area contributed by atoms with Crippen molar-refractivity contribution in [3.63, 3.8) is 0 Å². The number of hydrogen-bond acceptors (Lipinski definition) is 1. The summed E-state index contributed by atoms with van der Waals surface area (Å²) < 4.78 is 1.07. The van der Waals surface area contributed by atoms with E-state index in [9.17, 15) is 4.79 Å². The maximum atomic E-state index is 12.0. The van der Waals surface area contributed by atoms with Crippen molar-refractivity contribution in [2.45, 2.75) is 39.5 Å². The summed E-state index contributed by atoms with van der Waals surface area (Å²) in [5.74, 6) is 0.689. The van der Waals surface area contributed by atoms with Gasteiger partial charge in [0.05, 0.1) is 0 Å². The van der Waals surface area contributed by atoms with Crippen LogP contribution < -0.4 is 0 Å². The SMILES string of the molecule is CCCCC(CC)C(=O)c1ccc[se]1. The summed E-state index contributed by atoms with van der Waals surface area (Å²) in [6, 6.07) is 4.01. The van der Waals surface area contributed by atoms with Crippen molar-refractivity contribution < 1.29 is 4.79 Å². The molecule has 1 heterocycles. The van der Waals surface area contributed by atoms with Gasteiger partial charge in [-0.25, -0.2) is 0 Å². The molecule has 0 aliphatic carbocycles. The molecule has 2 heteroatoms. The van der Waals surface area contributed by atoms with Crippen LogP contribution in [0.1, 0.15) is 48.8 Å². The number of carbonyl (C=O) groups is 1. The van der Waals surface area contributed by atoms with Gasteiger partial charge >= 0.3 is 92.0 Å². The molecule has 1 atom stereocenters. The van der Waals surface area contributed by atoms with Crippen LogP contribution in [-0.2, 0) is 0 Å². The Bertz CT molecular complexity index is 264. The average Bonchev–Trinajstić information content (AvgIpc) is 2.71. The number of carbonyl (C=O) groups excluding carboxylic acids is 1. The van der Waals surface area contributed by atoms with Gasteiger partial charge in [0.2, 0.25) is 0 Å². The number of hydrogen-bond donors (Lipinski definition) is 0. The van der Waals surface area contributed by atoms with Gasteiger partial charge in [0.25, 0.3) is 0 Å². The van der Waals surface area contributed by atoms with Gasteiger partial charge in [0.1, 0.15) is 0 Å². The molecule has 0 spiro atoms. The monoisotopic (exact) mass is 258 g/mol. The molecule has 1 unspecified atom stereocenters. The van der Waals surface area contributed by atoms with Crippen LogP contribution in [-0.4, -0.2) is 20.3 Å². The average molecular weight is 257 g/mol. The molecule has 0 fully saturated rings. The summed E-state index contributed by atoms with van der Waals surface area (Å²) in [4.78, 5) is 14.1. The van der Waals surface area contributed by atoms with Crippen LogP contribution in [0.25, 0.3) is 0 Å². The molecule has 1 aromatic rings. The van der Waals surface area contributed by atoms with Gasteiger partial charge in [-0.3, -0.25) is 0 Å². The molecule has 1 nitrogen and oxygen atoms in total. The van der Waals surface area contributed by atoms with E-state index in [1.165, 1.54) is 12.8 Å². The summed E-state index contributed by atoms with van der Waals surface area (Å²) >= 11 is 0.316. The molecule has 0 saturated carbocycles. The molecule has 0 amide bonds. The second-order valence-corrected chi connectivity index (χ2v) is 5.58. The first-order valence-corrected chi connectivity index (χ1v) is 7.21. The Morgan fingerprint density at radius 1 is 1.50 bits per heavy atom. The summed E-state index contributed by atoms with van der Waals surface area (Å²) in [6.07, 6.45) is 4.43. The van der Waals surface area contributed by atoms with Crippen LogP contribution in [0, 0.1) is 5.92 Å². The zero-order chi connectivity index (χ0) is 10.4. The van der Waals surface area contributed by atoms with Gasteiger partial charge in [-0.2, -0.15) is 0 Å². The molecule has 1 rings (SSSR count). The predicted octanol–water partition coefficient (Wildman–Crippen LogP) is 3.14. The zero-order valence-electron chi connectivity index (χ0n) is 8.95. The van der Waals surface area contributed by atoms with Gasteiger partial charge in [-0.15, -0.1) is 0 Å². The molecular weight excluding hydrogens is 239 g/mol. The zero-order valence-corrected chi connectivity index (χ0v) is 10.7. The van der Waals surface area contributed by atoms with Crippen LogP contribution in [0.2, 0.25) is 0 Å². The number of unbranched alkanes of at least 4 members (excludes halogenated alkanes) is 1. The molecule has 0 saturated heterocycles.